The summed E-state index contributed by atoms with van der Waals surface area (Å²) in [6, 6.07) is 15.2. The van der Waals surface area contributed by atoms with Crippen molar-refractivity contribution in [3.05, 3.63) is 89.0 Å². The number of nitrogens with one attached hydrogen (secondary N) is 1. The normalized spacial score (nSPS) is 11.0. The Morgan fingerprint density at radius 2 is 1.83 bits per heavy atom. The molecule has 0 saturated carbocycles. The number of H-pyrrole nitrogens is 1. The van der Waals surface area contributed by atoms with Crippen molar-refractivity contribution in [2.75, 3.05) is 0 Å². The second-order valence-electron chi connectivity index (χ2n) is 5.30. The van der Waals surface area contributed by atoms with Gasteiger partial charge in [0.25, 0.3) is 5.56 Å². The average Bonchev–Trinajstić information content (AvgIpc) is 3.10. The van der Waals surface area contributed by atoms with E-state index in [-0.39, 0.29) is 5.56 Å². The van der Waals surface area contributed by atoms with Crippen molar-refractivity contribution in [3.8, 4) is 5.69 Å². The van der Waals surface area contributed by atoms with Gasteiger partial charge in [-0.1, -0.05) is 12.1 Å². The second-order valence-corrected chi connectivity index (χ2v) is 5.30. The van der Waals surface area contributed by atoms with Crippen LogP contribution >= 0.6 is 0 Å². The first-order valence-corrected chi connectivity index (χ1v) is 7.36. The third kappa shape index (κ3) is 2.64. The quantitative estimate of drug-likeness (QED) is 0.633. The molecule has 4 aromatic rings. The van der Waals surface area contributed by atoms with E-state index < -0.39 is 0 Å². The molecule has 0 fully saturated rings. The summed E-state index contributed by atoms with van der Waals surface area (Å²) in [4.78, 5) is 23.9. The fourth-order valence-electron chi connectivity index (χ4n) is 2.57. The van der Waals surface area contributed by atoms with Crippen LogP contribution in [0.3, 0.4) is 0 Å². The van der Waals surface area contributed by atoms with Crippen molar-refractivity contribution >= 4 is 10.9 Å². The van der Waals surface area contributed by atoms with Crippen molar-refractivity contribution in [2.45, 2.75) is 6.42 Å². The van der Waals surface area contributed by atoms with E-state index in [1.165, 1.54) is 0 Å². The lowest BCUT2D eigenvalue weighted by Gasteiger charge is -2.05. The number of nitrogens with zero attached hydrogens (tertiary/aromatic N) is 3. The summed E-state index contributed by atoms with van der Waals surface area (Å²) < 4.78 is 1.99. The van der Waals surface area contributed by atoms with Gasteiger partial charge in [-0.25, -0.2) is 4.98 Å². The van der Waals surface area contributed by atoms with Gasteiger partial charge in [0, 0.05) is 24.5 Å². The van der Waals surface area contributed by atoms with Crippen LogP contribution in [0.1, 0.15) is 11.5 Å². The minimum Gasteiger partial charge on any atom is -0.322 e. The van der Waals surface area contributed by atoms with Crippen LogP contribution in [-0.2, 0) is 6.42 Å². The number of pyridine rings is 1. The molecule has 112 valence electrons. The number of benzene rings is 1. The summed E-state index contributed by atoms with van der Waals surface area (Å²) in [6.45, 7) is 0. The lowest BCUT2D eigenvalue weighted by Crippen LogP contribution is -2.12. The molecular weight excluding hydrogens is 288 g/mol. The summed E-state index contributed by atoms with van der Waals surface area (Å²) in [5.74, 6) is 0.620. The molecule has 5 heteroatoms. The number of hydrogen-bond acceptors (Lipinski definition) is 3. The first kappa shape index (κ1) is 13.5. The molecule has 0 saturated heterocycles. The Morgan fingerprint density at radius 3 is 2.61 bits per heavy atom. The molecule has 0 unspecified atom stereocenters. The van der Waals surface area contributed by atoms with E-state index in [9.17, 15) is 4.79 Å². The standard InChI is InChI=1S/C18H14N4O/c23-18-15-5-1-2-6-16(15)20-17(21-18)11-13-7-8-14(12-19-13)22-9-3-4-10-22/h1-10,12H,11H2,(H,20,21,23). The van der Waals surface area contributed by atoms with Crippen LogP contribution in [0, 0.1) is 0 Å². The molecule has 3 aromatic heterocycles. The van der Waals surface area contributed by atoms with Gasteiger partial charge < -0.3 is 9.55 Å². The predicted octanol–water partition coefficient (Wildman–Crippen LogP) is 2.70. The van der Waals surface area contributed by atoms with E-state index in [0.717, 1.165) is 11.4 Å². The van der Waals surface area contributed by atoms with Crippen LogP contribution in [0.5, 0.6) is 0 Å². The van der Waals surface area contributed by atoms with Crippen molar-refractivity contribution in [1.82, 2.24) is 19.5 Å². The summed E-state index contributed by atoms with van der Waals surface area (Å²) in [5, 5.41) is 0.604. The van der Waals surface area contributed by atoms with Gasteiger partial charge in [0.15, 0.2) is 0 Å². The van der Waals surface area contributed by atoms with Crippen LogP contribution in [0.4, 0.5) is 0 Å². The highest BCUT2D eigenvalue weighted by atomic mass is 16.1. The van der Waals surface area contributed by atoms with Gasteiger partial charge in [0.05, 0.1) is 22.8 Å². The van der Waals surface area contributed by atoms with Crippen molar-refractivity contribution < 1.29 is 0 Å². The summed E-state index contributed by atoms with van der Waals surface area (Å²) >= 11 is 0. The molecule has 0 aliphatic carbocycles. The molecule has 1 aromatic carbocycles. The highest BCUT2D eigenvalue weighted by molar-refractivity contribution is 5.77. The van der Waals surface area contributed by atoms with E-state index >= 15 is 0 Å². The molecule has 23 heavy (non-hydrogen) atoms. The van der Waals surface area contributed by atoms with E-state index in [2.05, 4.69) is 15.0 Å². The molecule has 0 radical (unpaired) electrons. The van der Waals surface area contributed by atoms with E-state index in [4.69, 9.17) is 0 Å². The van der Waals surface area contributed by atoms with Gasteiger partial charge in [-0.05, 0) is 36.4 Å². The minimum atomic E-state index is -0.116. The van der Waals surface area contributed by atoms with Crippen molar-refractivity contribution in [1.29, 1.82) is 0 Å². The molecule has 0 aliphatic rings. The van der Waals surface area contributed by atoms with Gasteiger partial charge in [0.1, 0.15) is 5.82 Å². The number of aromatic amines is 1. The Bertz CT molecular complexity index is 1000. The molecule has 1 N–H and O–H groups in total. The maximum atomic E-state index is 12.1. The van der Waals surface area contributed by atoms with Crippen LogP contribution in [0.2, 0.25) is 0 Å². The molecule has 4 rings (SSSR count). The van der Waals surface area contributed by atoms with Crippen LogP contribution in [-0.4, -0.2) is 19.5 Å². The van der Waals surface area contributed by atoms with Gasteiger partial charge in [-0.15, -0.1) is 0 Å². The molecule has 0 atom stereocenters. The lowest BCUT2D eigenvalue weighted by molar-refractivity contribution is 0.932. The number of fused-ring (bicyclic) bond motifs is 1. The Balaban J connectivity index is 1.64. The van der Waals surface area contributed by atoms with Crippen LogP contribution in [0.25, 0.3) is 16.6 Å². The van der Waals surface area contributed by atoms with Gasteiger partial charge in [-0.2, -0.15) is 0 Å². The van der Waals surface area contributed by atoms with E-state index in [1.54, 1.807) is 6.07 Å². The second kappa shape index (κ2) is 5.53. The predicted molar refractivity (Wildman–Crippen MR) is 88.7 cm³/mol. The zero-order valence-corrected chi connectivity index (χ0v) is 12.3. The maximum Gasteiger partial charge on any atom is 0.258 e. The molecule has 0 spiro atoms. The lowest BCUT2D eigenvalue weighted by atomic mass is 10.2. The van der Waals surface area contributed by atoms with E-state index in [1.807, 2.05) is 65.6 Å². The van der Waals surface area contributed by atoms with Crippen LogP contribution < -0.4 is 5.56 Å². The Labute approximate surface area is 132 Å². The largest absolute Gasteiger partial charge is 0.322 e. The van der Waals surface area contributed by atoms with Crippen molar-refractivity contribution in [3.63, 3.8) is 0 Å². The smallest absolute Gasteiger partial charge is 0.258 e. The molecular formula is C18H14N4O. The zero-order chi connectivity index (χ0) is 15.6. The first-order valence-electron chi connectivity index (χ1n) is 7.36. The summed E-state index contributed by atoms with van der Waals surface area (Å²) in [6.07, 6.45) is 6.25. The number of para-hydroxylation sites is 1. The molecule has 0 bridgehead atoms. The highest BCUT2D eigenvalue weighted by Gasteiger charge is 2.05. The van der Waals surface area contributed by atoms with Gasteiger partial charge >= 0.3 is 0 Å². The molecule has 5 nitrogen and oxygen atoms in total. The number of hydrogen-bond donors (Lipinski definition) is 1. The SMILES string of the molecule is O=c1[nH]c(Cc2ccc(-n3cccc3)cn2)nc2ccccc12. The fourth-order valence-corrected chi connectivity index (χ4v) is 2.57. The molecule has 0 amide bonds. The Morgan fingerprint density at radius 1 is 1.00 bits per heavy atom. The first-order chi connectivity index (χ1) is 11.3. The summed E-state index contributed by atoms with van der Waals surface area (Å²) in [7, 11) is 0. The molecule has 3 heterocycles. The Hall–Kier alpha value is -3.21. The molecule has 0 aliphatic heterocycles. The third-order valence-electron chi connectivity index (χ3n) is 3.72. The highest BCUT2D eigenvalue weighted by Crippen LogP contribution is 2.11. The zero-order valence-electron chi connectivity index (χ0n) is 12.3. The minimum absolute atomic E-state index is 0.116. The Kier molecular flexibility index (Phi) is 3.24. The van der Waals surface area contributed by atoms with Gasteiger partial charge in [0.2, 0.25) is 0 Å². The maximum absolute atomic E-state index is 12.1. The van der Waals surface area contributed by atoms with E-state index in [0.29, 0.717) is 23.1 Å². The fraction of sp³-hybridized carbons (Fsp3) is 0.0556. The summed E-state index contributed by atoms with van der Waals surface area (Å²) in [5.41, 5.74) is 2.45. The number of aromatic nitrogens is 4. The topological polar surface area (TPSA) is 63.6 Å². The van der Waals surface area contributed by atoms with Crippen molar-refractivity contribution in [2.24, 2.45) is 0 Å². The monoisotopic (exact) mass is 302 g/mol. The van der Waals surface area contributed by atoms with Gasteiger partial charge in [-0.3, -0.25) is 9.78 Å². The average molecular weight is 302 g/mol. The third-order valence-corrected chi connectivity index (χ3v) is 3.72. The number of rotatable bonds is 3. The van der Waals surface area contributed by atoms with Crippen LogP contribution in [0.15, 0.2) is 71.9 Å².